The van der Waals surface area contributed by atoms with Gasteiger partial charge >= 0.3 is 0 Å². The monoisotopic (exact) mass is 209 g/mol. The fraction of sp³-hybridized carbons (Fsp3) is 0.750. The molecule has 0 bridgehead atoms. The number of hydrogen-bond donors (Lipinski definition) is 1. The number of rotatable bonds is 4. The average Bonchev–Trinajstić information content (AvgIpc) is 2.44. The van der Waals surface area contributed by atoms with Crippen molar-refractivity contribution < 1.29 is 0 Å². The summed E-state index contributed by atoms with van der Waals surface area (Å²) < 4.78 is 1.80. The predicted octanol–water partition coefficient (Wildman–Crippen LogP) is 2.71. The highest BCUT2D eigenvalue weighted by Crippen LogP contribution is 2.27. The van der Waals surface area contributed by atoms with Crippen molar-refractivity contribution in [3.05, 3.63) is 11.3 Å². The molecule has 3 heteroatoms. The Morgan fingerprint density at radius 3 is 2.40 bits per heavy atom. The van der Waals surface area contributed by atoms with E-state index in [1.54, 1.807) is 4.68 Å². The van der Waals surface area contributed by atoms with Crippen molar-refractivity contribution in [2.45, 2.75) is 46.5 Å². The number of aromatic nitrogens is 2. The number of hydrogen-bond acceptors (Lipinski definition) is 2. The third-order valence-corrected chi connectivity index (χ3v) is 2.92. The Morgan fingerprint density at radius 1 is 1.33 bits per heavy atom. The summed E-state index contributed by atoms with van der Waals surface area (Å²) in [6.07, 6.45) is 2.14. The summed E-state index contributed by atoms with van der Waals surface area (Å²) >= 11 is 0. The second-order valence-corrected chi connectivity index (χ2v) is 4.78. The van der Waals surface area contributed by atoms with Crippen LogP contribution in [0.3, 0.4) is 0 Å². The van der Waals surface area contributed by atoms with E-state index in [9.17, 15) is 0 Å². The first kappa shape index (κ1) is 12.1. The first-order valence-corrected chi connectivity index (χ1v) is 5.78. The molecule has 0 aliphatic carbocycles. The van der Waals surface area contributed by atoms with E-state index in [1.807, 2.05) is 7.05 Å². The maximum absolute atomic E-state index is 6.04. The van der Waals surface area contributed by atoms with Crippen molar-refractivity contribution in [3.63, 3.8) is 0 Å². The lowest BCUT2D eigenvalue weighted by Crippen LogP contribution is -2.03. The van der Waals surface area contributed by atoms with Gasteiger partial charge in [0, 0.05) is 18.5 Å². The smallest absolute Gasteiger partial charge is 0.124 e. The summed E-state index contributed by atoms with van der Waals surface area (Å²) in [6.45, 7) is 8.83. The largest absolute Gasteiger partial charge is 0.384 e. The quantitative estimate of drug-likeness (QED) is 0.828. The molecule has 0 aromatic carbocycles. The second-order valence-electron chi connectivity index (χ2n) is 4.78. The molecule has 15 heavy (non-hydrogen) atoms. The van der Waals surface area contributed by atoms with Crippen molar-refractivity contribution in [2.75, 3.05) is 5.73 Å². The van der Waals surface area contributed by atoms with Crippen LogP contribution >= 0.6 is 0 Å². The highest BCUT2D eigenvalue weighted by Gasteiger charge is 2.18. The topological polar surface area (TPSA) is 43.8 Å². The van der Waals surface area contributed by atoms with E-state index in [0.29, 0.717) is 11.8 Å². The van der Waals surface area contributed by atoms with Gasteiger partial charge in [-0.25, -0.2) is 0 Å². The summed E-state index contributed by atoms with van der Waals surface area (Å²) in [6, 6.07) is 0. The molecule has 2 N–H and O–H groups in total. The molecule has 86 valence electrons. The molecule has 0 aliphatic heterocycles. The number of nitrogens with zero attached hydrogens (tertiary/aromatic N) is 2. The molecular weight excluding hydrogens is 186 g/mol. The van der Waals surface area contributed by atoms with E-state index in [2.05, 4.69) is 32.8 Å². The zero-order valence-corrected chi connectivity index (χ0v) is 10.5. The minimum absolute atomic E-state index is 0.502. The van der Waals surface area contributed by atoms with Gasteiger partial charge in [-0.15, -0.1) is 0 Å². The van der Waals surface area contributed by atoms with E-state index < -0.39 is 0 Å². The first-order valence-electron chi connectivity index (χ1n) is 5.78. The van der Waals surface area contributed by atoms with Gasteiger partial charge in [-0.2, -0.15) is 5.10 Å². The van der Waals surface area contributed by atoms with E-state index in [4.69, 9.17) is 5.73 Å². The third-order valence-electron chi connectivity index (χ3n) is 2.92. The maximum Gasteiger partial charge on any atom is 0.124 e. The summed E-state index contributed by atoms with van der Waals surface area (Å²) in [5.41, 5.74) is 8.48. The first-order chi connectivity index (χ1) is 6.97. The van der Waals surface area contributed by atoms with Crippen LogP contribution in [0.4, 0.5) is 5.82 Å². The van der Waals surface area contributed by atoms with Crippen LogP contribution in [0.15, 0.2) is 0 Å². The minimum Gasteiger partial charge on any atom is -0.384 e. The van der Waals surface area contributed by atoms with Crippen LogP contribution in [0, 0.1) is 5.92 Å². The Kier molecular flexibility index (Phi) is 3.77. The van der Waals surface area contributed by atoms with Crippen LogP contribution in [0.25, 0.3) is 0 Å². The van der Waals surface area contributed by atoms with Gasteiger partial charge in [-0.3, -0.25) is 4.68 Å². The molecule has 1 aromatic rings. The van der Waals surface area contributed by atoms with Crippen molar-refractivity contribution in [2.24, 2.45) is 13.0 Å². The third kappa shape index (κ3) is 2.52. The fourth-order valence-corrected chi connectivity index (χ4v) is 1.81. The van der Waals surface area contributed by atoms with Gasteiger partial charge in [0.2, 0.25) is 0 Å². The number of nitrogen functional groups attached to an aromatic ring is 1. The summed E-state index contributed by atoms with van der Waals surface area (Å²) in [7, 11) is 1.92. The standard InChI is InChI=1S/C12H23N3/c1-6-9(4)11-10(7-8(2)3)12(13)15(5)14-11/h8-9H,6-7,13H2,1-5H3. The molecule has 0 saturated carbocycles. The van der Waals surface area contributed by atoms with Crippen molar-refractivity contribution >= 4 is 5.82 Å². The van der Waals surface area contributed by atoms with E-state index >= 15 is 0 Å². The number of anilines is 1. The summed E-state index contributed by atoms with van der Waals surface area (Å²) in [5.74, 6) is 1.96. The molecule has 1 heterocycles. The van der Waals surface area contributed by atoms with Gasteiger partial charge in [0.15, 0.2) is 0 Å². The molecule has 0 spiro atoms. The zero-order valence-electron chi connectivity index (χ0n) is 10.5. The number of aryl methyl sites for hydroxylation is 1. The Morgan fingerprint density at radius 2 is 1.93 bits per heavy atom. The average molecular weight is 209 g/mol. The van der Waals surface area contributed by atoms with E-state index in [-0.39, 0.29) is 0 Å². The lowest BCUT2D eigenvalue weighted by Gasteiger charge is -2.10. The van der Waals surface area contributed by atoms with Crippen LogP contribution < -0.4 is 5.73 Å². The van der Waals surface area contributed by atoms with E-state index in [1.165, 1.54) is 11.3 Å². The minimum atomic E-state index is 0.502. The van der Waals surface area contributed by atoms with Crippen LogP contribution in [0.1, 0.15) is 51.3 Å². The van der Waals surface area contributed by atoms with Crippen LogP contribution in [0.5, 0.6) is 0 Å². The van der Waals surface area contributed by atoms with Crippen molar-refractivity contribution in [1.82, 2.24) is 9.78 Å². The highest BCUT2D eigenvalue weighted by atomic mass is 15.3. The van der Waals surface area contributed by atoms with Crippen molar-refractivity contribution in [3.8, 4) is 0 Å². The Labute approximate surface area is 92.7 Å². The Bertz CT molecular complexity index is 326. The molecule has 0 radical (unpaired) electrons. The zero-order chi connectivity index (χ0) is 11.6. The predicted molar refractivity (Wildman–Crippen MR) is 64.9 cm³/mol. The molecule has 1 unspecified atom stereocenters. The molecular formula is C12H23N3. The van der Waals surface area contributed by atoms with Crippen LogP contribution in [-0.4, -0.2) is 9.78 Å². The van der Waals surface area contributed by atoms with Gasteiger partial charge in [0.1, 0.15) is 5.82 Å². The Hall–Kier alpha value is -0.990. The van der Waals surface area contributed by atoms with Gasteiger partial charge in [-0.05, 0) is 18.8 Å². The molecule has 1 aromatic heterocycles. The van der Waals surface area contributed by atoms with Crippen LogP contribution in [0.2, 0.25) is 0 Å². The van der Waals surface area contributed by atoms with Gasteiger partial charge in [-0.1, -0.05) is 27.7 Å². The maximum atomic E-state index is 6.04. The fourth-order valence-electron chi connectivity index (χ4n) is 1.81. The molecule has 0 amide bonds. The Balaban J connectivity index is 3.09. The lowest BCUT2D eigenvalue weighted by atomic mass is 9.95. The molecule has 0 fully saturated rings. The lowest BCUT2D eigenvalue weighted by molar-refractivity contribution is 0.625. The summed E-state index contributed by atoms with van der Waals surface area (Å²) in [5, 5.41) is 4.53. The number of nitrogens with two attached hydrogens (primary N) is 1. The molecule has 1 atom stereocenters. The highest BCUT2D eigenvalue weighted by molar-refractivity contribution is 5.44. The normalized spacial score (nSPS) is 13.5. The van der Waals surface area contributed by atoms with Crippen molar-refractivity contribution in [1.29, 1.82) is 0 Å². The van der Waals surface area contributed by atoms with Gasteiger partial charge in [0.05, 0.1) is 5.69 Å². The SMILES string of the molecule is CCC(C)c1nn(C)c(N)c1CC(C)C. The molecule has 0 aliphatic rings. The molecule has 3 nitrogen and oxygen atoms in total. The molecule has 0 saturated heterocycles. The molecule has 1 rings (SSSR count). The summed E-state index contributed by atoms with van der Waals surface area (Å²) in [4.78, 5) is 0. The van der Waals surface area contributed by atoms with Gasteiger partial charge < -0.3 is 5.73 Å². The van der Waals surface area contributed by atoms with E-state index in [0.717, 1.165) is 18.7 Å². The second kappa shape index (κ2) is 4.69. The van der Waals surface area contributed by atoms with Gasteiger partial charge in [0.25, 0.3) is 0 Å². The van der Waals surface area contributed by atoms with Crippen LogP contribution in [-0.2, 0) is 13.5 Å².